The molecule has 2 aromatic carbocycles. The fraction of sp³-hybridized carbons (Fsp3) is 0.143. The molecule has 0 radical (unpaired) electrons. The topological polar surface area (TPSA) is 89.6 Å². The Balaban J connectivity index is 1.90. The summed E-state index contributed by atoms with van der Waals surface area (Å²) in [5.41, 5.74) is 0.255. The van der Waals surface area contributed by atoms with E-state index in [0.717, 1.165) is 5.39 Å². The van der Waals surface area contributed by atoms with Crippen LogP contribution in [0.2, 0.25) is 5.02 Å². The Labute approximate surface area is 165 Å². The largest absolute Gasteiger partial charge is 0.325 e. The van der Waals surface area contributed by atoms with Crippen molar-refractivity contribution < 1.29 is 9.18 Å². The molecular formula is C21H12ClFN4O. The molecular weight excluding hydrogens is 379 g/mol. The molecule has 7 heteroatoms. The normalized spacial score (nSPS) is 17.8. The molecule has 1 unspecified atom stereocenters. The molecule has 1 aliphatic rings. The van der Waals surface area contributed by atoms with Crippen LogP contribution in [0.4, 0.5) is 10.1 Å². The first kappa shape index (κ1) is 17.9. The highest BCUT2D eigenvalue weighted by Gasteiger charge is 2.53. The van der Waals surface area contributed by atoms with E-state index in [9.17, 15) is 19.7 Å². The Morgan fingerprint density at radius 3 is 2.64 bits per heavy atom. The van der Waals surface area contributed by atoms with Crippen LogP contribution in [0.5, 0.6) is 0 Å². The molecule has 1 aliphatic heterocycles. The molecule has 0 aliphatic carbocycles. The molecule has 1 N–H and O–H groups in total. The van der Waals surface area contributed by atoms with Crippen LogP contribution >= 0.6 is 11.6 Å². The van der Waals surface area contributed by atoms with Gasteiger partial charge in [0.05, 0.1) is 17.7 Å². The summed E-state index contributed by atoms with van der Waals surface area (Å²) >= 11 is 6.04. The lowest BCUT2D eigenvalue weighted by Crippen LogP contribution is -2.43. The van der Waals surface area contributed by atoms with Gasteiger partial charge < -0.3 is 5.32 Å². The van der Waals surface area contributed by atoms with Crippen molar-refractivity contribution in [1.82, 2.24) is 4.98 Å². The monoisotopic (exact) mass is 390 g/mol. The summed E-state index contributed by atoms with van der Waals surface area (Å²) in [7, 11) is 0. The highest BCUT2D eigenvalue weighted by atomic mass is 35.5. The number of nitrogens with one attached hydrogen (secondary N) is 1. The van der Waals surface area contributed by atoms with Gasteiger partial charge in [-0.2, -0.15) is 10.5 Å². The van der Waals surface area contributed by atoms with Crippen molar-refractivity contribution >= 4 is 34.1 Å². The lowest BCUT2D eigenvalue weighted by atomic mass is 9.69. The Kier molecular flexibility index (Phi) is 4.22. The third-order valence-electron chi connectivity index (χ3n) is 5.04. The van der Waals surface area contributed by atoms with Crippen molar-refractivity contribution in [3.05, 3.63) is 70.6 Å². The number of hydrogen-bond donors (Lipinski definition) is 1. The van der Waals surface area contributed by atoms with Crippen molar-refractivity contribution in [2.24, 2.45) is 5.92 Å². The highest BCUT2D eigenvalue weighted by Crippen LogP contribution is 2.45. The number of carbonyl (C=O) groups is 1. The number of benzene rings is 2. The smallest absolute Gasteiger partial charge is 0.237 e. The number of halogens is 2. The van der Waals surface area contributed by atoms with Crippen LogP contribution in [-0.4, -0.2) is 10.9 Å². The molecule has 1 amide bonds. The van der Waals surface area contributed by atoms with E-state index in [1.807, 2.05) is 24.3 Å². The Hall–Kier alpha value is -3.48. The van der Waals surface area contributed by atoms with E-state index in [-0.39, 0.29) is 6.42 Å². The molecule has 0 bridgehead atoms. The van der Waals surface area contributed by atoms with E-state index in [1.54, 1.807) is 18.2 Å². The second-order valence-corrected chi connectivity index (χ2v) is 7.06. The lowest BCUT2D eigenvalue weighted by molar-refractivity contribution is -0.121. The summed E-state index contributed by atoms with van der Waals surface area (Å²) in [5, 5.41) is 23.2. The Morgan fingerprint density at radius 2 is 1.89 bits per heavy atom. The number of pyridine rings is 1. The minimum atomic E-state index is -1.56. The first-order valence-electron chi connectivity index (χ1n) is 8.44. The minimum Gasteiger partial charge on any atom is -0.325 e. The standard InChI is InChI=1S/C21H12ClFN4O/c22-14-3-1-12-2-5-16(26-19(12)7-14)9-21(13(10-24)11-25)17-8-15(23)4-6-18(17)27-20(21)28/h1-8,13H,9H2,(H,27,28). The zero-order valence-corrected chi connectivity index (χ0v) is 15.2. The van der Waals surface area contributed by atoms with Crippen molar-refractivity contribution in [2.45, 2.75) is 11.8 Å². The predicted octanol–water partition coefficient (Wildman–Crippen LogP) is 4.12. The first-order chi connectivity index (χ1) is 13.5. The van der Waals surface area contributed by atoms with Crippen molar-refractivity contribution in [3.63, 3.8) is 0 Å². The van der Waals surface area contributed by atoms with E-state index < -0.39 is 23.1 Å². The van der Waals surface area contributed by atoms with Gasteiger partial charge in [0.25, 0.3) is 0 Å². The van der Waals surface area contributed by atoms with E-state index in [2.05, 4.69) is 10.3 Å². The highest BCUT2D eigenvalue weighted by molar-refractivity contribution is 6.31. The molecule has 28 heavy (non-hydrogen) atoms. The van der Waals surface area contributed by atoms with Crippen LogP contribution in [0, 0.1) is 34.4 Å². The minimum absolute atomic E-state index is 0.0243. The van der Waals surface area contributed by atoms with E-state index in [0.29, 0.717) is 27.5 Å². The lowest BCUT2D eigenvalue weighted by Gasteiger charge is -2.28. The van der Waals surface area contributed by atoms with Gasteiger partial charge in [-0.05, 0) is 42.0 Å². The van der Waals surface area contributed by atoms with Gasteiger partial charge >= 0.3 is 0 Å². The average Bonchev–Trinajstić information content (AvgIpc) is 2.94. The van der Waals surface area contributed by atoms with Gasteiger partial charge in [-0.3, -0.25) is 9.78 Å². The van der Waals surface area contributed by atoms with Crippen molar-refractivity contribution in [3.8, 4) is 12.1 Å². The Morgan fingerprint density at radius 1 is 1.14 bits per heavy atom. The van der Waals surface area contributed by atoms with Gasteiger partial charge in [0.1, 0.15) is 11.2 Å². The second kappa shape index (κ2) is 6.60. The van der Waals surface area contributed by atoms with E-state index >= 15 is 0 Å². The second-order valence-electron chi connectivity index (χ2n) is 6.62. The molecule has 136 valence electrons. The number of anilines is 1. The van der Waals surface area contributed by atoms with Crippen LogP contribution in [0.25, 0.3) is 10.9 Å². The average molecular weight is 391 g/mol. The molecule has 0 fully saturated rings. The van der Waals surface area contributed by atoms with Gasteiger partial charge in [0.15, 0.2) is 5.92 Å². The van der Waals surface area contributed by atoms with Crippen molar-refractivity contribution in [1.29, 1.82) is 10.5 Å². The fourth-order valence-electron chi connectivity index (χ4n) is 3.68. The zero-order valence-electron chi connectivity index (χ0n) is 14.4. The third kappa shape index (κ3) is 2.67. The molecule has 0 saturated heterocycles. The van der Waals surface area contributed by atoms with Gasteiger partial charge in [-0.25, -0.2) is 4.39 Å². The van der Waals surface area contributed by atoms with Crippen LogP contribution < -0.4 is 5.32 Å². The third-order valence-corrected chi connectivity index (χ3v) is 5.27. The number of carbonyl (C=O) groups excluding carboxylic acids is 1. The van der Waals surface area contributed by atoms with Crippen LogP contribution in [0.15, 0.2) is 48.5 Å². The summed E-state index contributed by atoms with van der Waals surface area (Å²) in [5.74, 6) is -2.38. The van der Waals surface area contributed by atoms with Gasteiger partial charge in [0, 0.05) is 28.2 Å². The summed E-state index contributed by atoms with van der Waals surface area (Å²) in [4.78, 5) is 17.5. The molecule has 4 rings (SSSR count). The maximum absolute atomic E-state index is 14.0. The predicted molar refractivity (Wildman–Crippen MR) is 102 cm³/mol. The fourth-order valence-corrected chi connectivity index (χ4v) is 3.85. The van der Waals surface area contributed by atoms with Crippen molar-refractivity contribution in [2.75, 3.05) is 5.32 Å². The molecule has 5 nitrogen and oxygen atoms in total. The number of aromatic nitrogens is 1. The number of hydrogen-bond acceptors (Lipinski definition) is 4. The van der Waals surface area contributed by atoms with E-state index in [1.165, 1.54) is 18.2 Å². The molecule has 1 atom stereocenters. The van der Waals surface area contributed by atoms with Crippen LogP contribution in [0.3, 0.4) is 0 Å². The summed E-state index contributed by atoms with van der Waals surface area (Å²) < 4.78 is 14.0. The first-order valence-corrected chi connectivity index (χ1v) is 8.81. The van der Waals surface area contributed by atoms with Gasteiger partial charge in [0.2, 0.25) is 5.91 Å². The quantitative estimate of drug-likeness (QED) is 0.728. The summed E-state index contributed by atoms with van der Waals surface area (Å²) in [6.07, 6.45) is -0.0243. The molecule has 2 heterocycles. The zero-order chi connectivity index (χ0) is 19.9. The van der Waals surface area contributed by atoms with Gasteiger partial charge in [-0.15, -0.1) is 0 Å². The molecule has 0 spiro atoms. The molecule has 1 aromatic heterocycles. The maximum Gasteiger partial charge on any atom is 0.237 e. The van der Waals surface area contributed by atoms with Crippen LogP contribution in [-0.2, 0) is 16.6 Å². The van der Waals surface area contributed by atoms with E-state index in [4.69, 9.17) is 11.6 Å². The van der Waals surface area contributed by atoms with Crippen LogP contribution in [0.1, 0.15) is 11.3 Å². The number of nitriles is 2. The molecule has 3 aromatic rings. The number of amides is 1. The summed E-state index contributed by atoms with van der Waals surface area (Å²) in [6.45, 7) is 0. The maximum atomic E-state index is 14.0. The van der Waals surface area contributed by atoms with Gasteiger partial charge in [-0.1, -0.05) is 23.7 Å². The Bertz CT molecular complexity index is 1200. The molecule has 0 saturated carbocycles. The number of nitrogens with zero attached hydrogens (tertiary/aromatic N) is 3. The number of rotatable bonds is 3. The number of fused-ring (bicyclic) bond motifs is 2. The summed E-state index contributed by atoms with van der Waals surface area (Å²) in [6, 6.07) is 16.5. The SMILES string of the molecule is N#CC(C#N)C1(Cc2ccc3ccc(Cl)cc3n2)C(=O)Nc2ccc(F)cc21.